The first kappa shape index (κ1) is 18.4. The lowest BCUT2D eigenvalue weighted by Crippen LogP contribution is -2.47. The summed E-state index contributed by atoms with van der Waals surface area (Å²) in [7, 11) is 0. The fourth-order valence-electron chi connectivity index (χ4n) is 2.57. The van der Waals surface area contributed by atoms with E-state index in [1.165, 1.54) is 0 Å². The third-order valence-corrected chi connectivity index (χ3v) is 3.90. The maximum Gasteiger partial charge on any atom is 0.413 e. The van der Waals surface area contributed by atoms with Gasteiger partial charge in [-0.25, -0.2) is 4.79 Å². The van der Waals surface area contributed by atoms with Gasteiger partial charge in [0, 0.05) is 4.91 Å². The van der Waals surface area contributed by atoms with Crippen LogP contribution in [0.2, 0.25) is 5.02 Å². The van der Waals surface area contributed by atoms with Crippen molar-refractivity contribution >= 4 is 23.4 Å². The van der Waals surface area contributed by atoms with Crippen LogP contribution in [0.4, 0.5) is 10.5 Å². The lowest BCUT2D eigenvalue weighted by Gasteiger charge is -2.35. The molecule has 8 heteroatoms. The Bertz CT molecular complexity index is 693. The predicted molar refractivity (Wildman–Crippen MR) is 91.1 cm³/mol. The van der Waals surface area contributed by atoms with E-state index in [1.807, 2.05) is 20.8 Å². The van der Waals surface area contributed by atoms with Crippen molar-refractivity contribution < 1.29 is 14.3 Å². The molecule has 1 fully saturated rings. The van der Waals surface area contributed by atoms with Gasteiger partial charge in [-0.3, -0.25) is 4.90 Å². The van der Waals surface area contributed by atoms with Gasteiger partial charge < -0.3 is 9.47 Å². The van der Waals surface area contributed by atoms with Crippen molar-refractivity contribution in [2.45, 2.75) is 52.0 Å². The van der Waals surface area contributed by atoms with Gasteiger partial charge in [0.25, 0.3) is 0 Å². The zero-order valence-electron chi connectivity index (χ0n) is 14.4. The van der Waals surface area contributed by atoms with Gasteiger partial charge in [-0.2, -0.15) is 0 Å². The van der Waals surface area contributed by atoms with Crippen molar-refractivity contribution in [3.63, 3.8) is 0 Å². The molecule has 1 aliphatic heterocycles. The number of halogens is 1. The molecule has 1 unspecified atom stereocenters. The van der Waals surface area contributed by atoms with Crippen molar-refractivity contribution in [2.24, 2.45) is 5.11 Å². The summed E-state index contributed by atoms with van der Waals surface area (Å²) in [5, 5.41) is 3.92. The molecule has 0 radical (unpaired) electrons. The van der Waals surface area contributed by atoms with E-state index in [4.69, 9.17) is 26.6 Å². The van der Waals surface area contributed by atoms with E-state index in [9.17, 15) is 4.79 Å². The second-order valence-electron chi connectivity index (χ2n) is 7.02. The number of amides is 1. The SMILES string of the molecule is CC(C)(C)OC(=O)N1C(c2ccc(Cl)c(N=[N+]=[N-])c2)COC1(C)C. The van der Waals surface area contributed by atoms with Gasteiger partial charge in [-0.05, 0) is 57.8 Å². The number of hydrogen-bond acceptors (Lipinski definition) is 4. The van der Waals surface area contributed by atoms with E-state index in [1.54, 1.807) is 36.9 Å². The van der Waals surface area contributed by atoms with Gasteiger partial charge in [0.1, 0.15) is 11.3 Å². The molecular formula is C16H21ClN4O3. The fraction of sp³-hybridized carbons (Fsp3) is 0.562. The summed E-state index contributed by atoms with van der Waals surface area (Å²) in [6, 6.07) is 4.72. The molecule has 24 heavy (non-hydrogen) atoms. The smallest absolute Gasteiger partial charge is 0.413 e. The molecule has 2 rings (SSSR count). The van der Waals surface area contributed by atoms with Crippen LogP contribution in [-0.2, 0) is 9.47 Å². The predicted octanol–water partition coefficient (Wildman–Crippen LogP) is 5.33. The highest BCUT2D eigenvalue weighted by Gasteiger charge is 2.46. The second-order valence-corrected chi connectivity index (χ2v) is 7.43. The average molecular weight is 353 g/mol. The van der Waals surface area contributed by atoms with Crippen LogP contribution in [0.25, 0.3) is 10.4 Å². The van der Waals surface area contributed by atoms with Crippen LogP contribution in [0, 0.1) is 0 Å². The number of hydrogen-bond donors (Lipinski definition) is 0. The third-order valence-electron chi connectivity index (χ3n) is 3.58. The summed E-state index contributed by atoms with van der Waals surface area (Å²) in [5.41, 5.74) is 8.29. The summed E-state index contributed by atoms with van der Waals surface area (Å²) >= 11 is 6.02. The summed E-state index contributed by atoms with van der Waals surface area (Å²) in [6.07, 6.45) is -0.463. The Balaban J connectivity index is 2.39. The molecule has 0 N–H and O–H groups in total. The van der Waals surface area contributed by atoms with E-state index >= 15 is 0 Å². The van der Waals surface area contributed by atoms with Crippen LogP contribution >= 0.6 is 11.6 Å². The topological polar surface area (TPSA) is 87.5 Å². The van der Waals surface area contributed by atoms with Crippen LogP contribution < -0.4 is 0 Å². The molecule has 1 aromatic rings. The summed E-state index contributed by atoms with van der Waals surface area (Å²) in [6.45, 7) is 9.36. The molecular weight excluding hydrogens is 332 g/mol. The molecule has 0 spiro atoms. The Kier molecular flexibility index (Phi) is 4.99. The Morgan fingerprint density at radius 2 is 2.17 bits per heavy atom. The highest BCUT2D eigenvalue weighted by Crippen LogP contribution is 2.40. The van der Waals surface area contributed by atoms with Crippen LogP contribution in [0.5, 0.6) is 0 Å². The summed E-state index contributed by atoms with van der Waals surface area (Å²) < 4.78 is 11.3. The number of ether oxygens (including phenoxy) is 2. The van der Waals surface area contributed by atoms with Gasteiger partial charge in [0.15, 0.2) is 0 Å². The Labute approximate surface area is 146 Å². The van der Waals surface area contributed by atoms with Crippen molar-refractivity contribution in [2.75, 3.05) is 6.61 Å². The number of azide groups is 1. The molecule has 7 nitrogen and oxygen atoms in total. The molecule has 0 saturated carbocycles. The molecule has 1 aliphatic rings. The van der Waals surface area contributed by atoms with Gasteiger partial charge in [-0.1, -0.05) is 22.8 Å². The molecule has 1 saturated heterocycles. The van der Waals surface area contributed by atoms with Gasteiger partial charge in [0.05, 0.1) is 23.4 Å². The Morgan fingerprint density at radius 1 is 1.50 bits per heavy atom. The fourth-order valence-corrected chi connectivity index (χ4v) is 2.72. The normalized spacial score (nSPS) is 19.8. The summed E-state index contributed by atoms with van der Waals surface area (Å²) in [4.78, 5) is 17.0. The number of nitrogens with zero attached hydrogens (tertiary/aromatic N) is 4. The number of rotatable bonds is 2. The Morgan fingerprint density at radius 3 is 2.75 bits per heavy atom. The standard InChI is InChI=1S/C16H21ClN4O3/c1-15(2,3)24-14(22)21-13(9-23-16(21,4)5)10-6-7-11(17)12(8-10)19-20-18/h6-8,13H,9H2,1-5H3. The number of benzene rings is 1. The monoisotopic (exact) mass is 352 g/mol. The Hall–Kier alpha value is -1.95. The molecule has 0 aliphatic carbocycles. The zero-order valence-corrected chi connectivity index (χ0v) is 15.2. The van der Waals surface area contributed by atoms with Crippen molar-refractivity contribution in [3.8, 4) is 0 Å². The van der Waals surface area contributed by atoms with Gasteiger partial charge in [-0.15, -0.1) is 0 Å². The van der Waals surface area contributed by atoms with Crippen LogP contribution in [-0.4, -0.2) is 28.9 Å². The minimum Gasteiger partial charge on any atom is -0.444 e. The second kappa shape index (κ2) is 6.51. The highest BCUT2D eigenvalue weighted by atomic mass is 35.5. The highest BCUT2D eigenvalue weighted by molar-refractivity contribution is 6.33. The van der Waals surface area contributed by atoms with Gasteiger partial charge >= 0.3 is 6.09 Å². The quantitative estimate of drug-likeness (QED) is 0.409. The van der Waals surface area contributed by atoms with Crippen molar-refractivity contribution in [1.29, 1.82) is 0 Å². The zero-order chi connectivity index (χ0) is 18.1. The van der Waals surface area contributed by atoms with E-state index in [-0.39, 0.29) is 6.04 Å². The third kappa shape index (κ3) is 3.93. The molecule has 1 atom stereocenters. The average Bonchev–Trinajstić information content (AvgIpc) is 2.75. The minimum atomic E-state index is -0.814. The van der Waals surface area contributed by atoms with E-state index in [0.717, 1.165) is 5.56 Å². The molecule has 0 aromatic heterocycles. The van der Waals surface area contributed by atoms with Gasteiger partial charge in [0.2, 0.25) is 0 Å². The molecule has 1 aromatic carbocycles. The van der Waals surface area contributed by atoms with E-state index in [2.05, 4.69) is 10.0 Å². The van der Waals surface area contributed by atoms with E-state index in [0.29, 0.717) is 17.3 Å². The molecule has 1 heterocycles. The largest absolute Gasteiger partial charge is 0.444 e. The molecule has 1 amide bonds. The summed E-state index contributed by atoms with van der Waals surface area (Å²) in [5.74, 6) is 0. The lowest BCUT2D eigenvalue weighted by atomic mass is 10.1. The maximum atomic E-state index is 12.7. The van der Waals surface area contributed by atoms with Crippen LogP contribution in [0.1, 0.15) is 46.2 Å². The lowest BCUT2D eigenvalue weighted by molar-refractivity contribution is -0.0626. The number of carbonyl (C=O) groups is 1. The number of carbonyl (C=O) groups excluding carboxylic acids is 1. The van der Waals surface area contributed by atoms with Crippen LogP contribution in [0.3, 0.4) is 0 Å². The van der Waals surface area contributed by atoms with E-state index < -0.39 is 17.4 Å². The molecule has 0 bridgehead atoms. The van der Waals surface area contributed by atoms with Crippen molar-refractivity contribution in [3.05, 3.63) is 39.2 Å². The first-order valence-electron chi connectivity index (χ1n) is 7.56. The molecule has 130 valence electrons. The minimum absolute atomic E-state index is 0.309. The first-order chi connectivity index (χ1) is 11.0. The van der Waals surface area contributed by atoms with Crippen LogP contribution in [0.15, 0.2) is 23.3 Å². The maximum absolute atomic E-state index is 12.7. The van der Waals surface area contributed by atoms with Crippen molar-refractivity contribution in [1.82, 2.24) is 4.90 Å². The first-order valence-corrected chi connectivity index (χ1v) is 7.94.